The normalized spacial score (nSPS) is 13.7. The van der Waals surface area contributed by atoms with Gasteiger partial charge in [0.2, 0.25) is 0 Å². The van der Waals surface area contributed by atoms with Crippen molar-refractivity contribution in [1.82, 2.24) is 5.32 Å². The Morgan fingerprint density at radius 3 is 2.52 bits per heavy atom. The molecule has 6 nitrogen and oxygen atoms in total. The third-order valence-corrected chi connectivity index (χ3v) is 5.73. The molecule has 0 fully saturated rings. The van der Waals surface area contributed by atoms with E-state index < -0.39 is 5.82 Å². The number of methoxy groups -OCH3 is 1. The SMILES string of the molecule is CCC(CCOC)CCC(=NC)Nc1cc(OCC(CC)CCNC)cc(F)c1C=O. The molecular weight excluding hydrogens is 397 g/mol. The number of aldehydes is 1. The Morgan fingerprint density at radius 1 is 1.19 bits per heavy atom. The minimum absolute atomic E-state index is 0.0119. The summed E-state index contributed by atoms with van der Waals surface area (Å²) < 4.78 is 25.6. The van der Waals surface area contributed by atoms with Crippen molar-refractivity contribution in [2.45, 2.75) is 52.4 Å². The quantitative estimate of drug-likeness (QED) is 0.218. The Hall–Kier alpha value is -1.99. The third kappa shape index (κ3) is 9.78. The second kappa shape index (κ2) is 15.8. The number of ether oxygens (including phenoxy) is 2. The maximum Gasteiger partial charge on any atom is 0.155 e. The van der Waals surface area contributed by atoms with Crippen molar-refractivity contribution in [2.24, 2.45) is 16.8 Å². The van der Waals surface area contributed by atoms with Crippen LogP contribution in [0.3, 0.4) is 0 Å². The highest BCUT2D eigenvalue weighted by molar-refractivity contribution is 5.99. The molecule has 1 aromatic carbocycles. The first-order valence-corrected chi connectivity index (χ1v) is 11.3. The Kier molecular flexibility index (Phi) is 13.7. The van der Waals surface area contributed by atoms with E-state index in [1.54, 1.807) is 20.2 Å². The minimum Gasteiger partial charge on any atom is -0.493 e. The summed E-state index contributed by atoms with van der Waals surface area (Å²) in [7, 11) is 5.33. The fourth-order valence-corrected chi connectivity index (χ4v) is 3.43. The van der Waals surface area contributed by atoms with Gasteiger partial charge in [0.15, 0.2) is 6.29 Å². The molecule has 0 aliphatic heterocycles. The summed E-state index contributed by atoms with van der Waals surface area (Å²) in [5, 5.41) is 6.30. The molecule has 7 heteroatoms. The Labute approximate surface area is 187 Å². The van der Waals surface area contributed by atoms with Crippen LogP contribution in [0.5, 0.6) is 5.75 Å². The molecule has 1 aromatic rings. The average molecular weight is 438 g/mol. The number of carbonyl (C=O) groups excluding carboxylic acids is 1. The summed E-state index contributed by atoms with van der Waals surface area (Å²) in [4.78, 5) is 15.8. The van der Waals surface area contributed by atoms with Gasteiger partial charge in [0.05, 0.1) is 17.9 Å². The molecule has 0 heterocycles. The average Bonchev–Trinajstić information content (AvgIpc) is 2.78. The molecule has 0 radical (unpaired) electrons. The number of amidine groups is 1. The highest BCUT2D eigenvalue weighted by Crippen LogP contribution is 2.27. The number of nitrogens with one attached hydrogen (secondary N) is 2. The van der Waals surface area contributed by atoms with Crippen LogP contribution in [0.2, 0.25) is 0 Å². The maximum absolute atomic E-state index is 14.6. The van der Waals surface area contributed by atoms with Crippen LogP contribution in [0.4, 0.5) is 10.1 Å². The molecular formula is C24H40FN3O3. The highest BCUT2D eigenvalue weighted by Gasteiger charge is 2.15. The second-order valence-electron chi connectivity index (χ2n) is 7.85. The van der Waals surface area contributed by atoms with Gasteiger partial charge in [-0.25, -0.2) is 4.39 Å². The van der Waals surface area contributed by atoms with E-state index in [0.717, 1.165) is 51.1 Å². The lowest BCUT2D eigenvalue weighted by Crippen LogP contribution is -2.19. The van der Waals surface area contributed by atoms with E-state index in [9.17, 15) is 9.18 Å². The van der Waals surface area contributed by atoms with Gasteiger partial charge in [0.1, 0.15) is 17.4 Å². The Balaban J connectivity index is 2.87. The van der Waals surface area contributed by atoms with E-state index >= 15 is 0 Å². The summed E-state index contributed by atoms with van der Waals surface area (Å²) in [6, 6.07) is 2.96. The number of anilines is 1. The molecule has 0 aliphatic carbocycles. The van der Waals surface area contributed by atoms with Crippen LogP contribution in [0.15, 0.2) is 17.1 Å². The number of benzene rings is 1. The molecule has 0 saturated carbocycles. The first-order valence-electron chi connectivity index (χ1n) is 11.3. The van der Waals surface area contributed by atoms with Gasteiger partial charge in [0, 0.05) is 39.3 Å². The van der Waals surface area contributed by atoms with Crippen LogP contribution in [-0.4, -0.2) is 53.1 Å². The van der Waals surface area contributed by atoms with Gasteiger partial charge in [-0.2, -0.15) is 0 Å². The fraction of sp³-hybridized carbons (Fsp3) is 0.667. The lowest BCUT2D eigenvalue weighted by Gasteiger charge is -2.19. The van der Waals surface area contributed by atoms with Crippen LogP contribution >= 0.6 is 0 Å². The molecule has 2 unspecified atom stereocenters. The Morgan fingerprint density at radius 2 is 1.94 bits per heavy atom. The van der Waals surface area contributed by atoms with Crippen LogP contribution < -0.4 is 15.4 Å². The van der Waals surface area contributed by atoms with Gasteiger partial charge in [-0.1, -0.05) is 26.7 Å². The summed E-state index contributed by atoms with van der Waals surface area (Å²) in [6.45, 7) is 6.43. The largest absolute Gasteiger partial charge is 0.493 e. The zero-order valence-electron chi connectivity index (χ0n) is 19.8. The Bertz CT molecular complexity index is 682. The smallest absolute Gasteiger partial charge is 0.155 e. The molecule has 31 heavy (non-hydrogen) atoms. The standard InChI is InChI=1S/C24H40FN3O3/c1-6-18(11-13-30-5)8-9-24(27-4)28-23-15-20(14-22(25)21(23)16-29)31-17-19(7-2)10-12-26-3/h14-16,18-19,26H,6-13,17H2,1-5H3,(H,27,28). The number of halogens is 1. The van der Waals surface area contributed by atoms with Gasteiger partial charge < -0.3 is 20.1 Å². The maximum atomic E-state index is 14.6. The van der Waals surface area contributed by atoms with Crippen LogP contribution in [0.1, 0.15) is 62.7 Å². The highest BCUT2D eigenvalue weighted by atomic mass is 19.1. The molecule has 0 saturated heterocycles. The summed E-state index contributed by atoms with van der Waals surface area (Å²) >= 11 is 0. The first-order chi connectivity index (χ1) is 15.0. The predicted molar refractivity (Wildman–Crippen MR) is 126 cm³/mol. The first kappa shape index (κ1) is 27.0. The summed E-state index contributed by atoms with van der Waals surface area (Å²) in [5.41, 5.74) is 0.376. The number of nitrogens with zero attached hydrogens (tertiary/aromatic N) is 1. The summed E-state index contributed by atoms with van der Waals surface area (Å²) in [6.07, 6.45) is 6.21. The lowest BCUT2D eigenvalue weighted by atomic mass is 9.96. The topological polar surface area (TPSA) is 71.9 Å². The number of carbonyl (C=O) groups is 1. The second-order valence-corrected chi connectivity index (χ2v) is 7.85. The van der Waals surface area contributed by atoms with Gasteiger partial charge in [-0.3, -0.25) is 9.79 Å². The van der Waals surface area contributed by atoms with E-state index in [4.69, 9.17) is 9.47 Å². The van der Waals surface area contributed by atoms with Crippen molar-refractivity contribution in [2.75, 3.05) is 46.3 Å². The van der Waals surface area contributed by atoms with Crippen molar-refractivity contribution in [3.8, 4) is 5.75 Å². The van der Waals surface area contributed by atoms with Gasteiger partial charge in [-0.05, 0) is 44.7 Å². The summed E-state index contributed by atoms with van der Waals surface area (Å²) in [5.74, 6) is 1.44. The van der Waals surface area contributed by atoms with Crippen LogP contribution in [0.25, 0.3) is 0 Å². The van der Waals surface area contributed by atoms with Crippen molar-refractivity contribution < 1.29 is 18.7 Å². The van der Waals surface area contributed by atoms with Gasteiger partial charge in [0.25, 0.3) is 0 Å². The zero-order valence-corrected chi connectivity index (χ0v) is 19.8. The van der Waals surface area contributed by atoms with E-state index in [1.165, 1.54) is 6.07 Å². The molecule has 0 amide bonds. The molecule has 1 rings (SSSR count). The third-order valence-electron chi connectivity index (χ3n) is 5.73. The van der Waals surface area contributed by atoms with Crippen molar-refractivity contribution in [3.63, 3.8) is 0 Å². The number of hydrogen-bond donors (Lipinski definition) is 2. The molecule has 176 valence electrons. The number of rotatable bonds is 16. The predicted octanol–water partition coefficient (Wildman–Crippen LogP) is 4.94. The molecule has 0 aliphatic rings. The van der Waals surface area contributed by atoms with E-state index in [1.807, 2.05) is 7.05 Å². The fourth-order valence-electron chi connectivity index (χ4n) is 3.43. The van der Waals surface area contributed by atoms with E-state index in [0.29, 0.717) is 42.6 Å². The lowest BCUT2D eigenvalue weighted by molar-refractivity contribution is 0.112. The molecule has 2 atom stereocenters. The van der Waals surface area contributed by atoms with E-state index in [2.05, 4.69) is 29.5 Å². The molecule has 0 aromatic heterocycles. The van der Waals surface area contributed by atoms with Crippen molar-refractivity contribution in [1.29, 1.82) is 0 Å². The number of hydrogen-bond acceptors (Lipinski definition) is 5. The van der Waals surface area contributed by atoms with Crippen molar-refractivity contribution in [3.05, 3.63) is 23.5 Å². The molecule has 2 N–H and O–H groups in total. The van der Waals surface area contributed by atoms with Crippen LogP contribution in [-0.2, 0) is 4.74 Å². The van der Waals surface area contributed by atoms with Crippen LogP contribution in [0, 0.1) is 17.7 Å². The zero-order chi connectivity index (χ0) is 23.1. The van der Waals surface area contributed by atoms with Gasteiger partial charge >= 0.3 is 0 Å². The monoisotopic (exact) mass is 437 g/mol. The number of aliphatic imine (C=N–C) groups is 1. The minimum atomic E-state index is -0.597. The van der Waals surface area contributed by atoms with E-state index in [-0.39, 0.29) is 5.56 Å². The molecule has 0 spiro atoms. The van der Waals surface area contributed by atoms with Crippen molar-refractivity contribution >= 4 is 17.8 Å². The molecule has 0 bridgehead atoms. The van der Waals surface area contributed by atoms with Gasteiger partial charge in [-0.15, -0.1) is 0 Å².